The predicted molar refractivity (Wildman–Crippen MR) is 77.1 cm³/mol. The Hall–Kier alpha value is -2.21. The molecule has 3 amide bonds. The molecule has 2 N–H and O–H groups in total. The van der Waals surface area contributed by atoms with Crippen molar-refractivity contribution in [2.75, 3.05) is 25.5 Å². The van der Waals surface area contributed by atoms with E-state index in [-0.39, 0.29) is 17.7 Å². The molecular weight excluding hydrogens is 270 g/mol. The first-order chi connectivity index (χ1) is 10.1. The van der Waals surface area contributed by atoms with Crippen molar-refractivity contribution in [3.05, 3.63) is 29.3 Å². The Bertz CT molecular complexity index is 621. The summed E-state index contributed by atoms with van der Waals surface area (Å²) in [5.74, 6) is -0.321. The zero-order chi connectivity index (χ0) is 15.0. The van der Waals surface area contributed by atoms with Crippen LogP contribution >= 0.6 is 0 Å². The Morgan fingerprint density at radius 3 is 2.81 bits per heavy atom. The summed E-state index contributed by atoms with van der Waals surface area (Å²) in [6.45, 7) is 1.83. The lowest BCUT2D eigenvalue weighted by atomic mass is 10.0. The van der Waals surface area contributed by atoms with Gasteiger partial charge in [0.25, 0.3) is 11.8 Å². The van der Waals surface area contributed by atoms with Crippen LogP contribution in [0.15, 0.2) is 18.2 Å². The molecule has 2 heterocycles. The SMILES string of the molecule is CN1C(=O)c2ccc(NC(=O)CC3CCNC3)cc2C1=O. The highest BCUT2D eigenvalue weighted by atomic mass is 16.2. The Labute approximate surface area is 122 Å². The van der Waals surface area contributed by atoms with Gasteiger partial charge in [-0.3, -0.25) is 19.3 Å². The number of amides is 3. The summed E-state index contributed by atoms with van der Waals surface area (Å²) in [5, 5.41) is 6.02. The van der Waals surface area contributed by atoms with Crippen molar-refractivity contribution in [2.24, 2.45) is 5.92 Å². The third-order valence-electron chi connectivity index (χ3n) is 4.01. The molecule has 21 heavy (non-hydrogen) atoms. The molecule has 0 spiro atoms. The van der Waals surface area contributed by atoms with Crippen molar-refractivity contribution < 1.29 is 14.4 Å². The molecule has 1 aromatic rings. The van der Waals surface area contributed by atoms with Crippen molar-refractivity contribution in [1.82, 2.24) is 10.2 Å². The van der Waals surface area contributed by atoms with Gasteiger partial charge in [-0.2, -0.15) is 0 Å². The van der Waals surface area contributed by atoms with Crippen LogP contribution in [0, 0.1) is 5.92 Å². The van der Waals surface area contributed by atoms with Crippen molar-refractivity contribution in [3.63, 3.8) is 0 Å². The third-order valence-corrected chi connectivity index (χ3v) is 4.01. The molecular formula is C15H17N3O3. The molecule has 0 aliphatic carbocycles. The van der Waals surface area contributed by atoms with Gasteiger partial charge in [0, 0.05) is 19.2 Å². The van der Waals surface area contributed by atoms with Gasteiger partial charge in [0.2, 0.25) is 5.91 Å². The number of benzene rings is 1. The summed E-state index contributed by atoms with van der Waals surface area (Å²) in [6, 6.07) is 4.82. The van der Waals surface area contributed by atoms with E-state index in [1.54, 1.807) is 18.2 Å². The number of carbonyl (C=O) groups excluding carboxylic acids is 3. The van der Waals surface area contributed by atoms with E-state index in [0.29, 0.717) is 29.2 Å². The summed E-state index contributed by atoms with van der Waals surface area (Å²) in [5.41, 5.74) is 1.30. The predicted octanol–water partition coefficient (Wildman–Crippen LogP) is 0.850. The second-order valence-corrected chi connectivity index (χ2v) is 5.54. The smallest absolute Gasteiger partial charge is 0.261 e. The van der Waals surface area contributed by atoms with Gasteiger partial charge in [0.15, 0.2) is 0 Å². The minimum absolute atomic E-state index is 0.0613. The first-order valence-electron chi connectivity index (χ1n) is 7.03. The second-order valence-electron chi connectivity index (χ2n) is 5.54. The van der Waals surface area contributed by atoms with Gasteiger partial charge in [-0.05, 0) is 43.6 Å². The van der Waals surface area contributed by atoms with Crippen LogP contribution in [0.25, 0.3) is 0 Å². The molecule has 3 rings (SSSR count). The molecule has 0 aromatic heterocycles. The highest BCUT2D eigenvalue weighted by Crippen LogP contribution is 2.25. The fourth-order valence-electron chi connectivity index (χ4n) is 2.80. The number of hydrogen-bond donors (Lipinski definition) is 2. The van der Waals surface area contributed by atoms with E-state index >= 15 is 0 Å². The fourth-order valence-corrected chi connectivity index (χ4v) is 2.80. The quantitative estimate of drug-likeness (QED) is 0.808. The second kappa shape index (κ2) is 5.29. The summed E-state index contributed by atoms with van der Waals surface area (Å²) < 4.78 is 0. The number of nitrogens with one attached hydrogen (secondary N) is 2. The molecule has 1 atom stereocenters. The minimum Gasteiger partial charge on any atom is -0.326 e. The van der Waals surface area contributed by atoms with Crippen LogP contribution in [-0.2, 0) is 4.79 Å². The van der Waals surface area contributed by atoms with E-state index in [1.165, 1.54) is 7.05 Å². The minimum atomic E-state index is -0.328. The van der Waals surface area contributed by atoms with Crippen LogP contribution in [0.5, 0.6) is 0 Å². The van der Waals surface area contributed by atoms with E-state index in [1.807, 2.05) is 0 Å². The highest BCUT2D eigenvalue weighted by molar-refractivity contribution is 6.21. The lowest BCUT2D eigenvalue weighted by Gasteiger charge is -2.09. The van der Waals surface area contributed by atoms with E-state index in [2.05, 4.69) is 10.6 Å². The zero-order valence-electron chi connectivity index (χ0n) is 11.8. The van der Waals surface area contributed by atoms with E-state index in [0.717, 1.165) is 24.4 Å². The Kier molecular flexibility index (Phi) is 3.47. The zero-order valence-corrected chi connectivity index (χ0v) is 11.8. The van der Waals surface area contributed by atoms with E-state index < -0.39 is 0 Å². The molecule has 0 saturated carbocycles. The molecule has 6 heteroatoms. The van der Waals surface area contributed by atoms with Gasteiger partial charge in [-0.25, -0.2) is 0 Å². The van der Waals surface area contributed by atoms with Gasteiger partial charge >= 0.3 is 0 Å². The number of fused-ring (bicyclic) bond motifs is 1. The summed E-state index contributed by atoms with van der Waals surface area (Å²) >= 11 is 0. The molecule has 1 saturated heterocycles. The van der Waals surface area contributed by atoms with Gasteiger partial charge < -0.3 is 10.6 Å². The molecule has 110 valence electrons. The molecule has 1 unspecified atom stereocenters. The molecule has 1 aromatic carbocycles. The van der Waals surface area contributed by atoms with Crippen molar-refractivity contribution >= 4 is 23.4 Å². The van der Waals surface area contributed by atoms with Gasteiger partial charge in [-0.1, -0.05) is 0 Å². The topological polar surface area (TPSA) is 78.5 Å². The maximum atomic E-state index is 12.0. The average Bonchev–Trinajstić information content (AvgIpc) is 3.03. The van der Waals surface area contributed by atoms with Crippen LogP contribution in [0.1, 0.15) is 33.6 Å². The number of rotatable bonds is 3. The van der Waals surface area contributed by atoms with Gasteiger partial charge in [0.05, 0.1) is 11.1 Å². The van der Waals surface area contributed by atoms with Gasteiger partial charge in [-0.15, -0.1) is 0 Å². The van der Waals surface area contributed by atoms with Gasteiger partial charge in [0.1, 0.15) is 0 Å². The Balaban J connectivity index is 1.71. The van der Waals surface area contributed by atoms with Crippen molar-refractivity contribution in [2.45, 2.75) is 12.8 Å². The monoisotopic (exact) mass is 287 g/mol. The number of nitrogens with zero attached hydrogens (tertiary/aromatic N) is 1. The molecule has 1 fully saturated rings. The Morgan fingerprint density at radius 2 is 2.10 bits per heavy atom. The van der Waals surface area contributed by atoms with E-state index in [4.69, 9.17) is 0 Å². The van der Waals surface area contributed by atoms with Crippen LogP contribution in [0.2, 0.25) is 0 Å². The first kappa shape index (κ1) is 13.8. The number of hydrogen-bond acceptors (Lipinski definition) is 4. The average molecular weight is 287 g/mol. The van der Waals surface area contributed by atoms with Crippen molar-refractivity contribution in [3.8, 4) is 0 Å². The number of imide groups is 1. The van der Waals surface area contributed by atoms with Crippen LogP contribution in [0.4, 0.5) is 5.69 Å². The van der Waals surface area contributed by atoms with Crippen LogP contribution < -0.4 is 10.6 Å². The summed E-state index contributed by atoms with van der Waals surface area (Å²) in [7, 11) is 1.45. The fraction of sp³-hybridized carbons (Fsp3) is 0.400. The highest BCUT2D eigenvalue weighted by Gasteiger charge is 2.32. The maximum Gasteiger partial charge on any atom is 0.261 e. The Morgan fingerprint density at radius 1 is 1.33 bits per heavy atom. The molecule has 6 nitrogen and oxygen atoms in total. The summed E-state index contributed by atoms with van der Waals surface area (Å²) in [6.07, 6.45) is 1.48. The normalized spacial score (nSPS) is 20.8. The molecule has 2 aliphatic rings. The summed E-state index contributed by atoms with van der Waals surface area (Å²) in [4.78, 5) is 36.8. The van der Waals surface area contributed by atoms with Crippen molar-refractivity contribution in [1.29, 1.82) is 0 Å². The number of anilines is 1. The van der Waals surface area contributed by atoms with E-state index in [9.17, 15) is 14.4 Å². The standard InChI is InChI=1S/C15H17N3O3/c1-18-14(20)11-3-2-10(7-12(11)15(18)21)17-13(19)6-9-4-5-16-8-9/h2-3,7,9,16H,4-6,8H2,1H3,(H,17,19). The van der Waals surface area contributed by atoms with Crippen LogP contribution in [0.3, 0.4) is 0 Å². The molecule has 0 radical (unpaired) electrons. The largest absolute Gasteiger partial charge is 0.326 e. The molecule has 2 aliphatic heterocycles. The lowest BCUT2D eigenvalue weighted by molar-refractivity contribution is -0.116. The van der Waals surface area contributed by atoms with Crippen LogP contribution in [-0.4, -0.2) is 42.8 Å². The first-order valence-corrected chi connectivity index (χ1v) is 7.03. The number of carbonyl (C=O) groups is 3. The molecule has 0 bridgehead atoms. The lowest BCUT2D eigenvalue weighted by Crippen LogP contribution is -2.24. The maximum absolute atomic E-state index is 12.0. The third kappa shape index (κ3) is 2.54.